The molecule has 2 N–H and O–H groups in total. The summed E-state index contributed by atoms with van der Waals surface area (Å²) in [5.41, 5.74) is 1.44. The molecule has 0 bridgehead atoms. The lowest BCUT2D eigenvalue weighted by Gasteiger charge is -2.19. The second-order valence-electron chi connectivity index (χ2n) is 5.53. The van der Waals surface area contributed by atoms with Gasteiger partial charge in [0.2, 0.25) is 0 Å². The molecule has 0 fully saturated rings. The summed E-state index contributed by atoms with van der Waals surface area (Å²) in [5.74, 6) is 0.536. The van der Waals surface area contributed by atoms with Crippen molar-refractivity contribution in [3.05, 3.63) is 33.7 Å². The average Bonchev–Trinajstić information content (AvgIpc) is 3.20. The van der Waals surface area contributed by atoms with E-state index in [4.69, 9.17) is 10.1 Å². The zero-order chi connectivity index (χ0) is 16.4. The molecular weight excluding hydrogens is 330 g/mol. The van der Waals surface area contributed by atoms with Gasteiger partial charge in [0.1, 0.15) is 16.6 Å². The Hall–Kier alpha value is -1.70. The smallest absolute Gasteiger partial charge is 0.135 e. The lowest BCUT2D eigenvalue weighted by atomic mass is 10.2. The predicted octanol–water partition coefficient (Wildman–Crippen LogP) is 3.86. The zero-order valence-electron chi connectivity index (χ0n) is 13.1. The fourth-order valence-corrected chi connectivity index (χ4v) is 4.02. The SMILES string of the molecule is CC(C)OCCN1CC(O)=C(c2nc(-c3cccs3)cs2)C1=N. The van der Waals surface area contributed by atoms with Crippen LogP contribution in [0.15, 0.2) is 28.7 Å². The quantitative estimate of drug-likeness (QED) is 0.831. The number of amidine groups is 1. The summed E-state index contributed by atoms with van der Waals surface area (Å²) in [7, 11) is 0. The Balaban J connectivity index is 1.72. The van der Waals surface area contributed by atoms with Crippen molar-refractivity contribution in [1.82, 2.24) is 9.88 Å². The van der Waals surface area contributed by atoms with Crippen LogP contribution in [0.4, 0.5) is 0 Å². The van der Waals surface area contributed by atoms with Gasteiger partial charge in [0.25, 0.3) is 0 Å². The van der Waals surface area contributed by atoms with E-state index in [9.17, 15) is 5.11 Å². The monoisotopic (exact) mass is 349 g/mol. The molecule has 0 saturated heterocycles. The third-order valence-electron chi connectivity index (χ3n) is 3.49. The summed E-state index contributed by atoms with van der Waals surface area (Å²) in [4.78, 5) is 7.51. The van der Waals surface area contributed by atoms with Crippen molar-refractivity contribution < 1.29 is 9.84 Å². The number of hydrogen-bond acceptors (Lipinski definition) is 6. The number of hydrogen-bond donors (Lipinski definition) is 2. The number of thiophene rings is 1. The highest BCUT2D eigenvalue weighted by molar-refractivity contribution is 7.14. The standard InChI is InChI=1S/C16H19N3O2S2/c1-10(2)21-6-5-19-8-12(20)14(15(19)17)16-18-11(9-23-16)13-4-3-7-22-13/h3-4,7,9-10,17,20H,5-6,8H2,1-2H3. The topological polar surface area (TPSA) is 69.4 Å². The normalized spacial score (nSPS) is 15.3. The molecule has 0 radical (unpaired) electrons. The van der Waals surface area contributed by atoms with Gasteiger partial charge in [-0.2, -0.15) is 0 Å². The Morgan fingerprint density at radius 1 is 1.43 bits per heavy atom. The first-order valence-electron chi connectivity index (χ1n) is 7.43. The second kappa shape index (κ2) is 6.82. The molecule has 7 heteroatoms. The molecule has 122 valence electrons. The molecule has 5 nitrogen and oxygen atoms in total. The molecule has 2 aromatic heterocycles. The van der Waals surface area contributed by atoms with Crippen LogP contribution in [-0.2, 0) is 4.74 Å². The van der Waals surface area contributed by atoms with E-state index in [1.54, 1.807) is 11.3 Å². The van der Waals surface area contributed by atoms with Crippen LogP contribution in [0.3, 0.4) is 0 Å². The largest absolute Gasteiger partial charge is 0.510 e. The van der Waals surface area contributed by atoms with Crippen molar-refractivity contribution in [2.75, 3.05) is 19.7 Å². The number of aromatic nitrogens is 1. The van der Waals surface area contributed by atoms with E-state index in [0.29, 0.717) is 36.1 Å². The molecule has 0 aromatic carbocycles. The number of thiazole rings is 1. The van der Waals surface area contributed by atoms with Crippen LogP contribution < -0.4 is 0 Å². The third kappa shape index (κ3) is 3.46. The minimum absolute atomic E-state index is 0.167. The molecule has 2 aromatic rings. The highest BCUT2D eigenvalue weighted by atomic mass is 32.1. The van der Waals surface area contributed by atoms with E-state index >= 15 is 0 Å². The number of nitrogens with one attached hydrogen (secondary N) is 1. The summed E-state index contributed by atoms with van der Waals surface area (Å²) in [6.45, 7) is 5.45. The van der Waals surface area contributed by atoms with Crippen molar-refractivity contribution in [3.8, 4) is 10.6 Å². The van der Waals surface area contributed by atoms with Crippen LogP contribution in [0.2, 0.25) is 0 Å². The van der Waals surface area contributed by atoms with Gasteiger partial charge in [-0.25, -0.2) is 4.98 Å². The van der Waals surface area contributed by atoms with E-state index in [-0.39, 0.29) is 11.9 Å². The number of rotatable bonds is 6. The van der Waals surface area contributed by atoms with E-state index < -0.39 is 0 Å². The second-order valence-corrected chi connectivity index (χ2v) is 7.33. The Labute approximate surface area is 143 Å². The highest BCUT2D eigenvalue weighted by Crippen LogP contribution is 2.33. The Morgan fingerprint density at radius 2 is 2.26 bits per heavy atom. The average molecular weight is 349 g/mol. The van der Waals surface area contributed by atoms with E-state index in [0.717, 1.165) is 10.6 Å². The molecule has 0 atom stereocenters. The van der Waals surface area contributed by atoms with Gasteiger partial charge in [0.15, 0.2) is 0 Å². The van der Waals surface area contributed by atoms with Gasteiger partial charge in [0.05, 0.1) is 35.4 Å². The summed E-state index contributed by atoms with van der Waals surface area (Å²) >= 11 is 3.10. The van der Waals surface area contributed by atoms with Crippen LogP contribution in [-0.4, -0.2) is 46.6 Å². The van der Waals surface area contributed by atoms with Crippen LogP contribution in [0, 0.1) is 5.41 Å². The molecule has 0 aliphatic carbocycles. The summed E-state index contributed by atoms with van der Waals surface area (Å²) in [5, 5.41) is 23.3. The van der Waals surface area contributed by atoms with Crippen LogP contribution in [0.1, 0.15) is 18.9 Å². The van der Waals surface area contributed by atoms with Gasteiger partial charge in [-0.3, -0.25) is 5.41 Å². The molecule has 0 unspecified atom stereocenters. The van der Waals surface area contributed by atoms with Crippen molar-refractivity contribution in [3.63, 3.8) is 0 Å². The van der Waals surface area contributed by atoms with E-state index in [1.165, 1.54) is 11.3 Å². The molecular formula is C16H19N3O2S2. The Morgan fingerprint density at radius 3 is 2.96 bits per heavy atom. The maximum Gasteiger partial charge on any atom is 0.135 e. The molecule has 1 aliphatic heterocycles. The summed E-state index contributed by atoms with van der Waals surface area (Å²) < 4.78 is 5.53. The lowest BCUT2D eigenvalue weighted by molar-refractivity contribution is 0.0705. The van der Waals surface area contributed by atoms with Gasteiger partial charge in [0, 0.05) is 11.9 Å². The maximum absolute atomic E-state index is 10.3. The van der Waals surface area contributed by atoms with E-state index in [2.05, 4.69) is 4.98 Å². The fourth-order valence-electron chi connectivity index (χ4n) is 2.37. The fraction of sp³-hybridized carbons (Fsp3) is 0.375. The molecule has 0 amide bonds. The maximum atomic E-state index is 10.3. The lowest BCUT2D eigenvalue weighted by Crippen LogP contribution is -2.30. The van der Waals surface area contributed by atoms with Crippen LogP contribution in [0.25, 0.3) is 16.1 Å². The molecule has 3 heterocycles. The van der Waals surface area contributed by atoms with Crippen molar-refractivity contribution in [1.29, 1.82) is 5.41 Å². The van der Waals surface area contributed by atoms with Gasteiger partial charge in [-0.15, -0.1) is 22.7 Å². The number of aliphatic hydroxyl groups excluding tert-OH is 1. The minimum atomic E-state index is 0.167. The van der Waals surface area contributed by atoms with Crippen molar-refractivity contribution in [2.24, 2.45) is 0 Å². The van der Waals surface area contributed by atoms with Crippen LogP contribution in [0.5, 0.6) is 0 Å². The van der Waals surface area contributed by atoms with Gasteiger partial charge < -0.3 is 14.7 Å². The predicted molar refractivity (Wildman–Crippen MR) is 95.4 cm³/mol. The van der Waals surface area contributed by atoms with Crippen molar-refractivity contribution in [2.45, 2.75) is 20.0 Å². The van der Waals surface area contributed by atoms with Gasteiger partial charge >= 0.3 is 0 Å². The summed E-state index contributed by atoms with van der Waals surface area (Å²) in [6.07, 6.45) is 0.167. The molecule has 0 saturated carbocycles. The third-order valence-corrected chi connectivity index (χ3v) is 5.24. The molecule has 1 aliphatic rings. The Kier molecular flexibility index (Phi) is 4.79. The van der Waals surface area contributed by atoms with E-state index in [1.807, 2.05) is 41.6 Å². The molecule has 23 heavy (non-hydrogen) atoms. The minimum Gasteiger partial charge on any atom is -0.510 e. The number of nitrogens with zero attached hydrogens (tertiary/aromatic N) is 2. The Bertz CT molecular complexity index is 720. The first-order valence-corrected chi connectivity index (χ1v) is 9.19. The summed E-state index contributed by atoms with van der Waals surface area (Å²) in [6, 6.07) is 4.01. The highest BCUT2D eigenvalue weighted by Gasteiger charge is 2.30. The van der Waals surface area contributed by atoms with Gasteiger partial charge in [-0.1, -0.05) is 6.07 Å². The van der Waals surface area contributed by atoms with Crippen LogP contribution >= 0.6 is 22.7 Å². The van der Waals surface area contributed by atoms with Gasteiger partial charge in [-0.05, 0) is 25.3 Å². The zero-order valence-corrected chi connectivity index (χ0v) is 14.7. The number of aliphatic hydroxyl groups is 1. The number of ether oxygens (including phenoxy) is 1. The molecule has 3 rings (SSSR count). The first kappa shape index (κ1) is 16.2. The molecule has 0 spiro atoms. The van der Waals surface area contributed by atoms with Crippen molar-refractivity contribution >= 4 is 34.1 Å². The first-order chi connectivity index (χ1) is 11.1.